The van der Waals surface area contributed by atoms with Gasteiger partial charge in [0.2, 0.25) is 0 Å². The number of benzene rings is 2. The summed E-state index contributed by atoms with van der Waals surface area (Å²) in [5.74, 6) is -0.629. The van der Waals surface area contributed by atoms with Crippen LogP contribution in [-0.2, 0) is 16.0 Å². The molecule has 0 radical (unpaired) electrons. The number of aromatic nitrogens is 1. The Morgan fingerprint density at radius 2 is 1.84 bits per heavy atom. The Balaban J connectivity index is 0.000000312. The Hall–Kier alpha value is -2.89. The first kappa shape index (κ1) is 31.3. The highest BCUT2D eigenvalue weighted by Gasteiger charge is 2.21. The minimum Gasteiger partial charge on any atom is -0.465 e. The molecule has 0 saturated heterocycles. The number of carbonyl (C=O) groups excluding carboxylic acids is 1. The summed E-state index contributed by atoms with van der Waals surface area (Å²) in [5.41, 5.74) is 5.40. The van der Waals surface area contributed by atoms with Gasteiger partial charge in [0.25, 0.3) is 0 Å². The molecular weight excluding hydrogens is 522 g/mol. The zero-order valence-corrected chi connectivity index (χ0v) is 24.3. The number of H-pyrrole nitrogens is 1. The Morgan fingerprint density at radius 3 is 2.45 bits per heavy atom. The van der Waals surface area contributed by atoms with Gasteiger partial charge < -0.3 is 9.72 Å². The molecule has 0 aliphatic rings. The van der Waals surface area contributed by atoms with Crippen molar-refractivity contribution in [1.29, 1.82) is 0 Å². The summed E-state index contributed by atoms with van der Waals surface area (Å²) in [6.45, 7) is 11.9. The van der Waals surface area contributed by atoms with Crippen molar-refractivity contribution in [2.75, 3.05) is 7.11 Å². The molecule has 204 valence electrons. The lowest BCUT2D eigenvalue weighted by molar-refractivity contribution is -0.135. The minimum absolute atomic E-state index is 0.125. The first-order valence-electron chi connectivity index (χ1n) is 12.8. The molecule has 0 saturated carbocycles. The summed E-state index contributed by atoms with van der Waals surface area (Å²) in [5, 5.41) is 1.52. The highest BCUT2D eigenvalue weighted by molar-refractivity contribution is 6.31. The molecule has 0 aliphatic heterocycles. The molecule has 0 fully saturated rings. The number of nitrogens with one attached hydrogen (secondary N) is 1. The number of nitrogens with zero attached hydrogens (tertiary/aromatic N) is 1. The predicted octanol–water partition coefficient (Wildman–Crippen LogP) is 9.60. The second kappa shape index (κ2) is 15.5. The number of hydrogen-bond acceptors (Lipinski definition) is 3. The third-order valence-corrected chi connectivity index (χ3v) is 6.75. The molecule has 1 heterocycles. The van der Waals surface area contributed by atoms with E-state index in [0.29, 0.717) is 16.0 Å². The van der Waals surface area contributed by atoms with Crippen LogP contribution in [0.2, 0.25) is 10.0 Å². The van der Waals surface area contributed by atoms with Gasteiger partial charge in [0.05, 0.1) is 17.7 Å². The molecule has 3 aromatic rings. The summed E-state index contributed by atoms with van der Waals surface area (Å²) in [4.78, 5) is 18.5. The summed E-state index contributed by atoms with van der Waals surface area (Å²) >= 11 is 12.0. The van der Waals surface area contributed by atoms with E-state index >= 15 is 0 Å². The van der Waals surface area contributed by atoms with E-state index in [-0.39, 0.29) is 16.8 Å². The van der Waals surface area contributed by atoms with Crippen molar-refractivity contribution >= 4 is 45.8 Å². The number of carbonyl (C=O) groups is 1. The number of aryl methyl sites for hydroxylation is 1. The highest BCUT2D eigenvalue weighted by atomic mass is 35.5. The fraction of sp³-hybridized carbons (Fsp3) is 0.355. The third kappa shape index (κ3) is 8.57. The average molecular weight is 560 g/mol. The van der Waals surface area contributed by atoms with Crippen LogP contribution in [0.4, 0.5) is 4.39 Å². The Labute approximate surface area is 235 Å². The molecule has 3 rings (SSSR count). The van der Waals surface area contributed by atoms with Gasteiger partial charge in [0.15, 0.2) is 5.82 Å². The van der Waals surface area contributed by atoms with Crippen LogP contribution in [0.1, 0.15) is 76.1 Å². The van der Waals surface area contributed by atoms with E-state index in [1.807, 2.05) is 37.3 Å². The fourth-order valence-electron chi connectivity index (χ4n) is 4.09. The smallest absolute Gasteiger partial charge is 0.337 e. The molecule has 38 heavy (non-hydrogen) atoms. The van der Waals surface area contributed by atoms with E-state index in [1.54, 1.807) is 18.3 Å². The highest BCUT2D eigenvalue weighted by Crippen LogP contribution is 2.36. The summed E-state index contributed by atoms with van der Waals surface area (Å²) in [7, 11) is 1.33. The second-order valence-corrected chi connectivity index (χ2v) is 9.97. The molecule has 1 aromatic heterocycles. The molecule has 2 aromatic carbocycles. The number of esters is 1. The van der Waals surface area contributed by atoms with Crippen molar-refractivity contribution in [1.82, 2.24) is 4.98 Å². The van der Waals surface area contributed by atoms with E-state index < -0.39 is 5.97 Å². The van der Waals surface area contributed by atoms with E-state index in [4.69, 9.17) is 23.2 Å². The number of rotatable bonds is 10. The predicted molar refractivity (Wildman–Crippen MR) is 159 cm³/mol. The molecule has 4 nitrogen and oxygen atoms in total. The summed E-state index contributed by atoms with van der Waals surface area (Å²) in [6.07, 6.45) is 8.06. The second-order valence-electron chi connectivity index (χ2n) is 9.12. The number of unbranched alkanes of at least 4 members (excludes halogenated alkanes) is 1. The van der Waals surface area contributed by atoms with Gasteiger partial charge in [-0.25, -0.2) is 9.18 Å². The largest absolute Gasteiger partial charge is 0.465 e. The van der Waals surface area contributed by atoms with E-state index in [1.165, 1.54) is 7.11 Å². The van der Waals surface area contributed by atoms with Crippen molar-refractivity contribution in [3.8, 4) is 0 Å². The van der Waals surface area contributed by atoms with Crippen LogP contribution in [-0.4, -0.2) is 23.8 Å². The average Bonchev–Trinajstić information content (AvgIpc) is 3.28. The molecule has 1 atom stereocenters. The van der Waals surface area contributed by atoms with Crippen LogP contribution >= 0.6 is 23.2 Å². The van der Waals surface area contributed by atoms with Gasteiger partial charge in [0, 0.05) is 39.4 Å². The normalized spacial score (nSPS) is 12.4. The van der Waals surface area contributed by atoms with Crippen LogP contribution in [0.15, 0.2) is 65.8 Å². The van der Waals surface area contributed by atoms with Gasteiger partial charge in [-0.3, -0.25) is 4.99 Å². The maximum atomic E-state index is 14.6. The summed E-state index contributed by atoms with van der Waals surface area (Å²) < 4.78 is 19.1. The number of hydrogen-bond donors (Lipinski definition) is 1. The lowest BCUT2D eigenvalue weighted by Gasteiger charge is -2.14. The molecule has 0 amide bonds. The van der Waals surface area contributed by atoms with Crippen molar-refractivity contribution in [2.24, 2.45) is 4.99 Å². The van der Waals surface area contributed by atoms with Crippen LogP contribution in [0.3, 0.4) is 0 Å². The van der Waals surface area contributed by atoms with E-state index in [9.17, 15) is 9.18 Å². The number of ether oxygens (including phenoxy) is 1. The molecule has 0 spiro atoms. The number of fused-ring (bicyclic) bond motifs is 1. The Kier molecular flexibility index (Phi) is 12.8. The first-order chi connectivity index (χ1) is 18.1. The van der Waals surface area contributed by atoms with Crippen molar-refractivity contribution in [3.63, 3.8) is 0 Å². The molecular formula is C31H37Cl2FN2O2. The Morgan fingerprint density at radius 1 is 1.16 bits per heavy atom. The van der Waals surface area contributed by atoms with Gasteiger partial charge in [-0.15, -0.1) is 0 Å². The van der Waals surface area contributed by atoms with Crippen LogP contribution in [0, 0.1) is 5.82 Å². The maximum absolute atomic E-state index is 14.6. The molecule has 7 heteroatoms. The third-order valence-electron chi connectivity index (χ3n) is 6.20. The number of halogens is 3. The number of aliphatic imine (C=N–C) groups is 1. The zero-order valence-electron chi connectivity index (χ0n) is 22.8. The standard InChI is InChI=1S/C20H20Cl2FN.C11H17NO2/c1-3-4-5-15-18-17(11-10-16(22)19(18)23)24-20(15)12(2)13-6-8-14(21)9-7-13;1-5-6-10(3)12-8-7-9(2)11(13)14-4/h6-12,24H,3-5H2,1-2H3;7-8H,2,5-6H2,1,3-4H3/b;8-7-,12-10?. The zero-order chi connectivity index (χ0) is 28.2. The summed E-state index contributed by atoms with van der Waals surface area (Å²) in [6, 6.07) is 11.3. The number of aromatic amines is 1. The van der Waals surface area contributed by atoms with Crippen molar-refractivity contribution < 1.29 is 13.9 Å². The van der Waals surface area contributed by atoms with Gasteiger partial charge in [-0.05, 0) is 67.7 Å². The van der Waals surface area contributed by atoms with Crippen molar-refractivity contribution in [2.45, 2.75) is 65.7 Å². The van der Waals surface area contributed by atoms with Gasteiger partial charge in [-0.1, -0.05) is 75.5 Å². The van der Waals surface area contributed by atoms with Gasteiger partial charge in [-0.2, -0.15) is 0 Å². The lowest BCUT2D eigenvalue weighted by atomic mass is 9.92. The van der Waals surface area contributed by atoms with E-state index in [0.717, 1.165) is 60.2 Å². The van der Waals surface area contributed by atoms with E-state index in [2.05, 4.69) is 42.1 Å². The van der Waals surface area contributed by atoms with Crippen LogP contribution in [0.25, 0.3) is 10.9 Å². The Bertz CT molecular complexity index is 1290. The maximum Gasteiger partial charge on any atom is 0.337 e. The topological polar surface area (TPSA) is 54.4 Å². The molecule has 1 unspecified atom stereocenters. The molecule has 0 aliphatic carbocycles. The quantitative estimate of drug-likeness (QED) is 0.116. The van der Waals surface area contributed by atoms with Crippen molar-refractivity contribution in [3.05, 3.63) is 93.5 Å². The SMILES string of the molecule is C=C(/C=C\N=C(C)CCC)C(=O)OC.CCCCc1c(C(C)c2ccc(Cl)cc2)[nH]c2ccc(Cl)c(F)c12. The molecule has 1 N–H and O–H groups in total. The van der Waals surface area contributed by atoms with Crippen LogP contribution < -0.4 is 0 Å². The lowest BCUT2D eigenvalue weighted by Crippen LogP contribution is -2.01. The fourth-order valence-corrected chi connectivity index (χ4v) is 4.37. The first-order valence-corrected chi connectivity index (χ1v) is 13.6. The van der Waals surface area contributed by atoms with Gasteiger partial charge in [0.1, 0.15) is 0 Å². The number of methoxy groups -OCH3 is 1. The monoisotopic (exact) mass is 558 g/mol. The minimum atomic E-state index is -0.426. The van der Waals surface area contributed by atoms with Gasteiger partial charge >= 0.3 is 5.97 Å². The molecule has 0 bridgehead atoms. The van der Waals surface area contributed by atoms with Crippen LogP contribution in [0.5, 0.6) is 0 Å².